The molecule has 1 N–H and O–H groups in total. The van der Waals surface area contributed by atoms with Gasteiger partial charge in [-0.15, -0.1) is 0 Å². The fraction of sp³-hybridized carbons (Fsp3) is 0.111. The Balaban J connectivity index is 2.59. The van der Waals surface area contributed by atoms with Gasteiger partial charge in [-0.3, -0.25) is 4.72 Å². The molecule has 11 heavy (non-hydrogen) atoms. The zero-order valence-electron chi connectivity index (χ0n) is 6.04. The van der Waals surface area contributed by atoms with Gasteiger partial charge >= 0.3 is 0 Å². The fourth-order valence-electron chi connectivity index (χ4n) is 0.707. The highest BCUT2D eigenvalue weighted by molar-refractivity contribution is 7.78. The van der Waals surface area contributed by atoms with Gasteiger partial charge in [-0.05, 0) is 12.1 Å². The lowest BCUT2D eigenvalue weighted by Gasteiger charge is -1.86. The molecule has 0 aliphatic rings. The molecule has 1 nitrogen and oxygen atoms in total. The third-order valence-corrected chi connectivity index (χ3v) is 1.33. The van der Waals surface area contributed by atoms with Gasteiger partial charge in [0.1, 0.15) is 0 Å². The first-order valence-electron chi connectivity index (χ1n) is 3.34. The van der Waals surface area contributed by atoms with Crippen LogP contribution in [-0.4, -0.2) is 6.54 Å². The molecule has 0 spiro atoms. The normalized spacial score (nSPS) is 8.45. The molecular weight excluding hydrogens is 154 g/mol. The summed E-state index contributed by atoms with van der Waals surface area (Å²) in [6.45, 7) is 0.609. The first-order valence-corrected chi connectivity index (χ1v) is 3.79. The minimum atomic E-state index is 0.609. The Kier molecular flexibility index (Phi) is 3.60. The maximum Gasteiger partial charge on any atom is 0.0672 e. The van der Waals surface area contributed by atoms with Crippen LogP contribution < -0.4 is 4.72 Å². The Morgan fingerprint density at radius 1 is 1.27 bits per heavy atom. The molecule has 0 atom stereocenters. The number of thiol groups is 1. The highest BCUT2D eigenvalue weighted by atomic mass is 32.1. The Morgan fingerprint density at radius 2 is 2.00 bits per heavy atom. The van der Waals surface area contributed by atoms with E-state index in [9.17, 15) is 0 Å². The molecule has 0 heterocycles. The third kappa shape index (κ3) is 3.13. The van der Waals surface area contributed by atoms with E-state index in [1.807, 2.05) is 30.3 Å². The SMILES string of the molecule is SNCC#Cc1ccccc1. The molecule has 0 amide bonds. The highest BCUT2D eigenvalue weighted by Gasteiger charge is 1.79. The van der Waals surface area contributed by atoms with E-state index in [-0.39, 0.29) is 0 Å². The Hall–Kier alpha value is -0.910. The van der Waals surface area contributed by atoms with E-state index in [4.69, 9.17) is 0 Å². The number of hydrogen-bond acceptors (Lipinski definition) is 2. The number of benzene rings is 1. The fourth-order valence-corrected chi connectivity index (χ4v) is 0.786. The van der Waals surface area contributed by atoms with Crippen LogP contribution in [0.2, 0.25) is 0 Å². The van der Waals surface area contributed by atoms with Gasteiger partial charge in [0.25, 0.3) is 0 Å². The van der Waals surface area contributed by atoms with Crippen molar-refractivity contribution in [1.82, 2.24) is 4.72 Å². The summed E-state index contributed by atoms with van der Waals surface area (Å²) in [4.78, 5) is 0. The summed E-state index contributed by atoms with van der Waals surface area (Å²) in [5.41, 5.74) is 1.04. The van der Waals surface area contributed by atoms with E-state index in [1.165, 1.54) is 0 Å². The second kappa shape index (κ2) is 4.84. The van der Waals surface area contributed by atoms with E-state index < -0.39 is 0 Å². The van der Waals surface area contributed by atoms with E-state index in [0.717, 1.165) is 5.56 Å². The smallest absolute Gasteiger partial charge is 0.0672 e. The van der Waals surface area contributed by atoms with Gasteiger partial charge in [0.15, 0.2) is 0 Å². The number of hydrogen-bond donors (Lipinski definition) is 2. The molecule has 0 saturated heterocycles. The van der Waals surface area contributed by atoms with Crippen LogP contribution in [0.4, 0.5) is 0 Å². The van der Waals surface area contributed by atoms with Crippen molar-refractivity contribution in [3.8, 4) is 11.8 Å². The maximum atomic E-state index is 3.81. The van der Waals surface area contributed by atoms with Crippen LogP contribution in [0.5, 0.6) is 0 Å². The summed E-state index contributed by atoms with van der Waals surface area (Å²) < 4.78 is 2.66. The van der Waals surface area contributed by atoms with Crippen molar-refractivity contribution in [2.24, 2.45) is 0 Å². The molecule has 0 radical (unpaired) electrons. The van der Waals surface area contributed by atoms with Crippen LogP contribution in [0.1, 0.15) is 5.56 Å². The number of rotatable bonds is 1. The molecule has 1 aromatic carbocycles. The average Bonchev–Trinajstić information content (AvgIpc) is 2.07. The molecule has 1 aromatic rings. The molecule has 56 valence electrons. The number of nitrogens with one attached hydrogen (secondary N) is 1. The summed E-state index contributed by atoms with van der Waals surface area (Å²) in [5.74, 6) is 5.90. The molecular formula is C9H9NS. The minimum Gasteiger partial charge on any atom is -0.255 e. The van der Waals surface area contributed by atoms with Crippen molar-refractivity contribution in [3.63, 3.8) is 0 Å². The second-order valence-corrected chi connectivity index (χ2v) is 2.32. The van der Waals surface area contributed by atoms with Crippen LogP contribution in [0.3, 0.4) is 0 Å². The second-order valence-electron chi connectivity index (χ2n) is 2.00. The quantitative estimate of drug-likeness (QED) is 0.472. The van der Waals surface area contributed by atoms with Gasteiger partial charge in [0, 0.05) is 5.56 Å². The molecule has 0 aliphatic carbocycles. The average molecular weight is 163 g/mol. The zero-order chi connectivity index (χ0) is 7.94. The van der Waals surface area contributed by atoms with Crippen LogP contribution in [-0.2, 0) is 0 Å². The summed E-state index contributed by atoms with van der Waals surface area (Å²) in [6, 6.07) is 9.87. The van der Waals surface area contributed by atoms with Gasteiger partial charge in [0.2, 0.25) is 0 Å². The molecule has 0 unspecified atom stereocenters. The third-order valence-electron chi connectivity index (χ3n) is 1.17. The van der Waals surface area contributed by atoms with Crippen LogP contribution in [0.25, 0.3) is 0 Å². The Morgan fingerprint density at radius 3 is 2.64 bits per heavy atom. The van der Waals surface area contributed by atoms with Gasteiger partial charge in [-0.1, -0.05) is 42.9 Å². The molecule has 0 aromatic heterocycles. The van der Waals surface area contributed by atoms with Crippen LogP contribution >= 0.6 is 12.8 Å². The van der Waals surface area contributed by atoms with Crippen LogP contribution in [0, 0.1) is 11.8 Å². The van der Waals surface area contributed by atoms with Gasteiger partial charge in [-0.25, -0.2) is 0 Å². The van der Waals surface area contributed by atoms with E-state index >= 15 is 0 Å². The summed E-state index contributed by atoms with van der Waals surface area (Å²) in [7, 11) is 0. The molecule has 2 heteroatoms. The molecule has 1 rings (SSSR count). The first kappa shape index (κ1) is 8.19. The Bertz CT molecular complexity index is 258. The molecule has 0 aliphatic heterocycles. The minimum absolute atomic E-state index is 0.609. The van der Waals surface area contributed by atoms with Gasteiger partial charge in [-0.2, -0.15) is 0 Å². The van der Waals surface area contributed by atoms with Crippen molar-refractivity contribution in [3.05, 3.63) is 35.9 Å². The molecule has 0 bridgehead atoms. The predicted octanol–water partition coefficient (Wildman–Crippen LogP) is 1.47. The van der Waals surface area contributed by atoms with Crippen molar-refractivity contribution in [2.45, 2.75) is 0 Å². The Labute approximate surface area is 72.4 Å². The summed E-state index contributed by atoms with van der Waals surface area (Å²) in [6.07, 6.45) is 0. The van der Waals surface area contributed by atoms with E-state index in [0.29, 0.717) is 6.54 Å². The van der Waals surface area contributed by atoms with E-state index in [2.05, 4.69) is 29.4 Å². The molecule has 0 saturated carbocycles. The largest absolute Gasteiger partial charge is 0.255 e. The lowest BCUT2D eigenvalue weighted by Crippen LogP contribution is -1.96. The topological polar surface area (TPSA) is 12.0 Å². The van der Waals surface area contributed by atoms with Crippen molar-refractivity contribution < 1.29 is 0 Å². The monoisotopic (exact) mass is 163 g/mol. The first-order chi connectivity index (χ1) is 5.43. The van der Waals surface area contributed by atoms with Gasteiger partial charge in [0.05, 0.1) is 6.54 Å². The van der Waals surface area contributed by atoms with Crippen molar-refractivity contribution in [1.29, 1.82) is 0 Å². The van der Waals surface area contributed by atoms with E-state index in [1.54, 1.807) is 0 Å². The summed E-state index contributed by atoms with van der Waals surface area (Å²) >= 11 is 3.81. The van der Waals surface area contributed by atoms with Crippen molar-refractivity contribution in [2.75, 3.05) is 6.54 Å². The van der Waals surface area contributed by atoms with Gasteiger partial charge < -0.3 is 0 Å². The standard InChI is InChI=1S/C9H9NS/c11-10-8-4-7-9-5-2-1-3-6-9/h1-3,5-6,10-11H,8H2. The lowest BCUT2D eigenvalue weighted by atomic mass is 10.2. The molecule has 0 fully saturated rings. The highest BCUT2D eigenvalue weighted by Crippen LogP contribution is 1.93. The summed E-state index contributed by atoms with van der Waals surface area (Å²) in [5, 5.41) is 0. The lowest BCUT2D eigenvalue weighted by molar-refractivity contribution is 1.17. The van der Waals surface area contributed by atoms with Crippen LogP contribution in [0.15, 0.2) is 30.3 Å². The zero-order valence-corrected chi connectivity index (χ0v) is 6.94. The van der Waals surface area contributed by atoms with Crippen molar-refractivity contribution >= 4 is 12.8 Å². The maximum absolute atomic E-state index is 3.81. The predicted molar refractivity (Wildman–Crippen MR) is 50.3 cm³/mol.